The van der Waals surface area contributed by atoms with E-state index in [0.717, 1.165) is 6.42 Å². The molecular formula is C16H21NO2. The zero-order valence-electron chi connectivity index (χ0n) is 12.1. The molecule has 3 heteroatoms. The third-order valence-electron chi connectivity index (χ3n) is 2.71. The second-order valence-corrected chi connectivity index (χ2v) is 6.16. The van der Waals surface area contributed by atoms with Crippen molar-refractivity contribution in [1.29, 1.82) is 5.26 Å². The summed E-state index contributed by atoms with van der Waals surface area (Å²) in [6.07, 6.45) is 1.01. The summed E-state index contributed by atoms with van der Waals surface area (Å²) in [6.45, 7) is 9.03. The number of hydrogen-bond acceptors (Lipinski definition) is 3. The third-order valence-corrected chi connectivity index (χ3v) is 2.71. The maximum absolute atomic E-state index is 11.8. The molecule has 3 nitrogen and oxygen atoms in total. The van der Waals surface area contributed by atoms with E-state index in [1.807, 2.05) is 6.07 Å². The van der Waals surface area contributed by atoms with Gasteiger partial charge in [0.2, 0.25) is 0 Å². The van der Waals surface area contributed by atoms with E-state index in [2.05, 4.69) is 27.7 Å². The van der Waals surface area contributed by atoms with Crippen LogP contribution in [0, 0.1) is 22.7 Å². The quantitative estimate of drug-likeness (QED) is 0.773. The largest absolute Gasteiger partial charge is 0.462 e. The normalized spacial score (nSPS) is 12.6. The van der Waals surface area contributed by atoms with Crippen LogP contribution in [-0.2, 0) is 4.74 Å². The molecule has 0 aliphatic carbocycles. The summed E-state index contributed by atoms with van der Waals surface area (Å²) >= 11 is 0. The van der Waals surface area contributed by atoms with Crippen molar-refractivity contribution in [3.05, 3.63) is 35.4 Å². The average molecular weight is 259 g/mol. The van der Waals surface area contributed by atoms with Gasteiger partial charge in [0.15, 0.2) is 0 Å². The lowest BCUT2D eigenvalue weighted by atomic mass is 9.86. The summed E-state index contributed by atoms with van der Waals surface area (Å²) in [6, 6.07) is 8.50. The summed E-state index contributed by atoms with van der Waals surface area (Å²) in [4.78, 5) is 11.8. The summed E-state index contributed by atoms with van der Waals surface area (Å²) in [5.74, 6) is 0.00702. The minimum Gasteiger partial charge on any atom is -0.462 e. The Balaban J connectivity index is 2.49. The highest BCUT2D eigenvalue weighted by Gasteiger charge is 2.17. The van der Waals surface area contributed by atoms with Crippen molar-refractivity contribution in [3.8, 4) is 6.07 Å². The summed E-state index contributed by atoms with van der Waals surface area (Å²) < 4.78 is 5.29. The van der Waals surface area contributed by atoms with E-state index in [-0.39, 0.29) is 11.4 Å². The van der Waals surface area contributed by atoms with Crippen LogP contribution < -0.4 is 0 Å². The Hall–Kier alpha value is -1.82. The molecule has 1 aromatic carbocycles. The molecule has 0 aliphatic heterocycles. The number of benzene rings is 1. The van der Waals surface area contributed by atoms with Crippen LogP contribution in [0.2, 0.25) is 0 Å². The SMILES string of the molecule is CC(COC(=O)c1ccc(C#N)cc1)CC(C)(C)C. The number of rotatable bonds is 4. The van der Waals surface area contributed by atoms with Gasteiger partial charge < -0.3 is 4.74 Å². The predicted octanol–water partition coefficient (Wildman–Crippen LogP) is 3.79. The molecule has 0 saturated carbocycles. The van der Waals surface area contributed by atoms with Gasteiger partial charge in [0.1, 0.15) is 0 Å². The number of ether oxygens (including phenoxy) is 1. The molecule has 19 heavy (non-hydrogen) atoms. The average Bonchev–Trinajstić information content (AvgIpc) is 2.34. The Kier molecular flexibility index (Phi) is 5.11. The van der Waals surface area contributed by atoms with Crippen molar-refractivity contribution in [1.82, 2.24) is 0 Å². The molecule has 1 atom stereocenters. The molecule has 0 amide bonds. The number of nitriles is 1. The summed E-state index contributed by atoms with van der Waals surface area (Å²) in [5.41, 5.74) is 1.26. The molecule has 1 rings (SSSR count). The Morgan fingerprint density at radius 3 is 2.37 bits per heavy atom. The molecule has 1 aromatic rings. The molecule has 0 radical (unpaired) electrons. The molecular weight excluding hydrogens is 238 g/mol. The molecule has 1 unspecified atom stereocenters. The maximum Gasteiger partial charge on any atom is 0.338 e. The lowest BCUT2D eigenvalue weighted by Crippen LogP contribution is -2.17. The lowest BCUT2D eigenvalue weighted by Gasteiger charge is -2.22. The predicted molar refractivity (Wildman–Crippen MR) is 74.7 cm³/mol. The topological polar surface area (TPSA) is 50.1 Å². The summed E-state index contributed by atoms with van der Waals surface area (Å²) in [5, 5.41) is 8.69. The fourth-order valence-corrected chi connectivity index (χ4v) is 2.09. The maximum atomic E-state index is 11.8. The first-order chi connectivity index (χ1) is 8.81. The fraction of sp³-hybridized carbons (Fsp3) is 0.500. The Bertz CT molecular complexity index is 463. The van der Waals surface area contributed by atoms with Gasteiger partial charge in [0, 0.05) is 0 Å². The van der Waals surface area contributed by atoms with Crippen LogP contribution in [0.5, 0.6) is 0 Å². The molecule has 102 valence electrons. The van der Waals surface area contributed by atoms with E-state index < -0.39 is 0 Å². The zero-order valence-corrected chi connectivity index (χ0v) is 12.1. The fourth-order valence-electron chi connectivity index (χ4n) is 2.09. The minimum absolute atomic E-state index is 0.236. The monoisotopic (exact) mass is 259 g/mol. The van der Waals surface area contributed by atoms with Crippen molar-refractivity contribution in [3.63, 3.8) is 0 Å². The Labute approximate surface area is 115 Å². The zero-order chi connectivity index (χ0) is 14.5. The highest BCUT2D eigenvalue weighted by molar-refractivity contribution is 5.89. The van der Waals surface area contributed by atoms with Gasteiger partial charge in [0.05, 0.1) is 23.8 Å². The molecule has 0 saturated heterocycles. The molecule has 0 bridgehead atoms. The van der Waals surface area contributed by atoms with Gasteiger partial charge in [-0.05, 0) is 42.0 Å². The first-order valence-electron chi connectivity index (χ1n) is 6.49. The van der Waals surface area contributed by atoms with Crippen LogP contribution in [0.15, 0.2) is 24.3 Å². The van der Waals surface area contributed by atoms with Crippen molar-refractivity contribution in [2.45, 2.75) is 34.1 Å². The summed E-state index contributed by atoms with van der Waals surface area (Å²) in [7, 11) is 0. The van der Waals surface area contributed by atoms with Crippen LogP contribution >= 0.6 is 0 Å². The first-order valence-corrected chi connectivity index (χ1v) is 6.49. The van der Waals surface area contributed by atoms with Gasteiger partial charge in [-0.2, -0.15) is 5.26 Å². The number of carbonyl (C=O) groups excluding carboxylic acids is 1. The van der Waals surface area contributed by atoms with E-state index in [1.165, 1.54) is 0 Å². The molecule has 0 N–H and O–H groups in total. The van der Waals surface area contributed by atoms with Crippen molar-refractivity contribution in [2.24, 2.45) is 11.3 Å². The molecule has 0 spiro atoms. The van der Waals surface area contributed by atoms with Gasteiger partial charge in [0.25, 0.3) is 0 Å². The Morgan fingerprint density at radius 2 is 1.89 bits per heavy atom. The van der Waals surface area contributed by atoms with Crippen LogP contribution in [0.4, 0.5) is 0 Å². The van der Waals surface area contributed by atoms with E-state index in [9.17, 15) is 4.79 Å². The highest BCUT2D eigenvalue weighted by Crippen LogP contribution is 2.24. The van der Waals surface area contributed by atoms with Gasteiger partial charge in [-0.15, -0.1) is 0 Å². The van der Waals surface area contributed by atoms with Gasteiger partial charge in [-0.1, -0.05) is 27.7 Å². The highest BCUT2D eigenvalue weighted by atomic mass is 16.5. The van der Waals surface area contributed by atoms with Crippen LogP contribution in [0.3, 0.4) is 0 Å². The van der Waals surface area contributed by atoms with Crippen LogP contribution in [0.1, 0.15) is 50.0 Å². The molecule has 0 aromatic heterocycles. The molecule has 0 heterocycles. The van der Waals surface area contributed by atoms with Crippen molar-refractivity contribution >= 4 is 5.97 Å². The van der Waals surface area contributed by atoms with Gasteiger partial charge in [-0.25, -0.2) is 4.79 Å². The van der Waals surface area contributed by atoms with Crippen LogP contribution in [-0.4, -0.2) is 12.6 Å². The number of nitrogens with zero attached hydrogens (tertiary/aromatic N) is 1. The molecule has 0 aliphatic rings. The number of esters is 1. The van der Waals surface area contributed by atoms with Crippen molar-refractivity contribution in [2.75, 3.05) is 6.61 Å². The number of carbonyl (C=O) groups is 1. The lowest BCUT2D eigenvalue weighted by molar-refractivity contribution is 0.0420. The van der Waals surface area contributed by atoms with Gasteiger partial charge in [-0.3, -0.25) is 0 Å². The Morgan fingerprint density at radius 1 is 1.32 bits per heavy atom. The standard InChI is InChI=1S/C16H21NO2/c1-12(9-16(2,3)4)11-19-15(18)14-7-5-13(10-17)6-8-14/h5-8,12H,9,11H2,1-4H3. The van der Waals surface area contributed by atoms with E-state index in [1.54, 1.807) is 24.3 Å². The second-order valence-electron chi connectivity index (χ2n) is 6.16. The van der Waals surface area contributed by atoms with E-state index >= 15 is 0 Å². The van der Waals surface area contributed by atoms with Gasteiger partial charge >= 0.3 is 5.97 Å². The van der Waals surface area contributed by atoms with Crippen LogP contribution in [0.25, 0.3) is 0 Å². The van der Waals surface area contributed by atoms with E-state index in [0.29, 0.717) is 23.7 Å². The third kappa shape index (κ3) is 5.56. The minimum atomic E-state index is -0.328. The smallest absolute Gasteiger partial charge is 0.338 e. The molecule has 0 fully saturated rings. The van der Waals surface area contributed by atoms with E-state index in [4.69, 9.17) is 10.00 Å². The first kappa shape index (κ1) is 15.2. The number of hydrogen-bond donors (Lipinski definition) is 0. The van der Waals surface area contributed by atoms with Crippen molar-refractivity contribution < 1.29 is 9.53 Å². The second kappa shape index (κ2) is 6.38.